The maximum atomic E-state index is 11.1. The first kappa shape index (κ1) is 8.33. The summed E-state index contributed by atoms with van der Waals surface area (Å²) >= 11 is 0. The van der Waals surface area contributed by atoms with Gasteiger partial charge in [0.1, 0.15) is 0 Å². The fraction of sp³-hybridized carbons (Fsp3) is 0.857. The van der Waals surface area contributed by atoms with Crippen LogP contribution in [0.1, 0.15) is 19.3 Å². The SMILES string of the molecule is CON(C)C(=O)NC1CCC1. The Balaban J connectivity index is 2.19. The van der Waals surface area contributed by atoms with Crippen molar-refractivity contribution in [1.29, 1.82) is 0 Å². The summed E-state index contributed by atoms with van der Waals surface area (Å²) in [5.41, 5.74) is 0. The lowest BCUT2D eigenvalue weighted by molar-refractivity contribution is -0.0662. The molecule has 0 spiro atoms. The van der Waals surface area contributed by atoms with Crippen molar-refractivity contribution < 1.29 is 9.63 Å². The molecule has 0 atom stereocenters. The first-order valence-corrected chi connectivity index (χ1v) is 3.82. The van der Waals surface area contributed by atoms with Gasteiger partial charge in [0.15, 0.2) is 0 Å². The van der Waals surface area contributed by atoms with Crippen molar-refractivity contribution >= 4 is 6.03 Å². The second-order valence-corrected chi connectivity index (χ2v) is 2.76. The molecule has 1 aliphatic carbocycles. The first-order chi connectivity index (χ1) is 5.24. The fourth-order valence-corrected chi connectivity index (χ4v) is 0.901. The summed E-state index contributed by atoms with van der Waals surface area (Å²) < 4.78 is 0. The summed E-state index contributed by atoms with van der Waals surface area (Å²) in [4.78, 5) is 15.8. The maximum absolute atomic E-state index is 11.1. The molecule has 64 valence electrons. The van der Waals surface area contributed by atoms with Gasteiger partial charge in [-0.3, -0.25) is 4.84 Å². The smallest absolute Gasteiger partial charge is 0.333 e. The van der Waals surface area contributed by atoms with Gasteiger partial charge in [-0.05, 0) is 19.3 Å². The van der Waals surface area contributed by atoms with Crippen molar-refractivity contribution in [2.24, 2.45) is 0 Å². The van der Waals surface area contributed by atoms with Crippen LogP contribution < -0.4 is 5.32 Å². The van der Waals surface area contributed by atoms with E-state index in [1.807, 2.05) is 0 Å². The van der Waals surface area contributed by atoms with E-state index in [2.05, 4.69) is 5.32 Å². The maximum Gasteiger partial charge on any atom is 0.341 e. The number of amides is 2. The quantitative estimate of drug-likeness (QED) is 0.602. The van der Waals surface area contributed by atoms with Crippen molar-refractivity contribution in [2.75, 3.05) is 14.2 Å². The van der Waals surface area contributed by atoms with Gasteiger partial charge in [0, 0.05) is 13.1 Å². The summed E-state index contributed by atoms with van der Waals surface area (Å²) in [5, 5.41) is 4.02. The molecule has 0 radical (unpaired) electrons. The third-order valence-corrected chi connectivity index (χ3v) is 1.99. The Morgan fingerprint density at radius 1 is 1.64 bits per heavy atom. The number of hydroxylamine groups is 2. The molecule has 0 aliphatic heterocycles. The molecular formula is C7H14N2O2. The molecule has 1 fully saturated rings. The van der Waals surface area contributed by atoms with Crippen molar-refractivity contribution in [3.8, 4) is 0 Å². The van der Waals surface area contributed by atoms with E-state index < -0.39 is 0 Å². The predicted molar refractivity (Wildman–Crippen MR) is 40.9 cm³/mol. The lowest BCUT2D eigenvalue weighted by Gasteiger charge is -2.28. The molecule has 1 rings (SSSR count). The third kappa shape index (κ3) is 2.08. The minimum Gasteiger partial charge on any atom is -0.333 e. The molecule has 1 N–H and O–H groups in total. The van der Waals surface area contributed by atoms with E-state index in [-0.39, 0.29) is 6.03 Å². The second-order valence-electron chi connectivity index (χ2n) is 2.76. The van der Waals surface area contributed by atoms with E-state index in [9.17, 15) is 4.79 Å². The molecule has 0 saturated heterocycles. The van der Waals surface area contributed by atoms with Gasteiger partial charge in [0.2, 0.25) is 0 Å². The highest BCUT2D eigenvalue weighted by atomic mass is 16.7. The monoisotopic (exact) mass is 158 g/mol. The van der Waals surface area contributed by atoms with Gasteiger partial charge in [0.05, 0.1) is 7.11 Å². The van der Waals surface area contributed by atoms with Gasteiger partial charge in [-0.25, -0.2) is 9.86 Å². The standard InChI is InChI=1S/C7H14N2O2/c1-9(11-2)7(10)8-6-4-3-5-6/h6H,3-5H2,1-2H3,(H,8,10). The Morgan fingerprint density at radius 3 is 2.64 bits per heavy atom. The lowest BCUT2D eigenvalue weighted by Crippen LogP contribution is -2.45. The van der Waals surface area contributed by atoms with Crippen LogP contribution in [0.5, 0.6) is 0 Å². The van der Waals surface area contributed by atoms with Gasteiger partial charge in [-0.15, -0.1) is 0 Å². The summed E-state index contributed by atoms with van der Waals surface area (Å²) in [5.74, 6) is 0. The van der Waals surface area contributed by atoms with Gasteiger partial charge in [-0.1, -0.05) is 0 Å². The number of nitrogens with one attached hydrogen (secondary N) is 1. The Kier molecular flexibility index (Phi) is 2.70. The van der Waals surface area contributed by atoms with Crippen LogP contribution in [-0.4, -0.2) is 31.3 Å². The highest BCUT2D eigenvalue weighted by Crippen LogP contribution is 2.17. The van der Waals surface area contributed by atoms with Crippen LogP contribution >= 0.6 is 0 Å². The number of hydrogen-bond acceptors (Lipinski definition) is 2. The van der Waals surface area contributed by atoms with Crippen LogP contribution in [0.25, 0.3) is 0 Å². The Labute approximate surface area is 66.5 Å². The van der Waals surface area contributed by atoms with Crippen molar-refractivity contribution in [3.05, 3.63) is 0 Å². The molecule has 1 aliphatic rings. The molecule has 11 heavy (non-hydrogen) atoms. The van der Waals surface area contributed by atoms with Gasteiger partial charge in [0.25, 0.3) is 0 Å². The summed E-state index contributed by atoms with van der Waals surface area (Å²) in [6.07, 6.45) is 3.42. The molecule has 1 saturated carbocycles. The molecule has 0 aromatic rings. The van der Waals surface area contributed by atoms with E-state index in [4.69, 9.17) is 4.84 Å². The van der Waals surface area contributed by atoms with Crippen molar-refractivity contribution in [3.63, 3.8) is 0 Å². The minimum atomic E-state index is -0.155. The number of rotatable bonds is 2. The zero-order valence-corrected chi connectivity index (χ0v) is 6.96. The van der Waals surface area contributed by atoms with E-state index in [0.29, 0.717) is 6.04 Å². The average molecular weight is 158 g/mol. The van der Waals surface area contributed by atoms with Gasteiger partial charge in [-0.2, -0.15) is 0 Å². The fourth-order valence-electron chi connectivity index (χ4n) is 0.901. The van der Waals surface area contributed by atoms with Crippen LogP contribution in [0.2, 0.25) is 0 Å². The molecule has 4 heteroatoms. The Morgan fingerprint density at radius 2 is 2.27 bits per heavy atom. The summed E-state index contributed by atoms with van der Waals surface area (Å²) in [6.45, 7) is 0. The van der Waals surface area contributed by atoms with Gasteiger partial charge < -0.3 is 5.32 Å². The van der Waals surface area contributed by atoms with Crippen LogP contribution in [0.4, 0.5) is 4.79 Å². The molecule has 0 unspecified atom stereocenters. The normalized spacial score (nSPS) is 17.3. The van der Waals surface area contributed by atoms with E-state index in [1.54, 1.807) is 7.05 Å². The highest BCUT2D eigenvalue weighted by Gasteiger charge is 2.20. The van der Waals surface area contributed by atoms with Crippen LogP contribution in [0, 0.1) is 0 Å². The third-order valence-electron chi connectivity index (χ3n) is 1.99. The molecule has 0 bridgehead atoms. The van der Waals surface area contributed by atoms with E-state index in [1.165, 1.54) is 18.6 Å². The lowest BCUT2D eigenvalue weighted by atomic mass is 9.93. The van der Waals surface area contributed by atoms with Crippen LogP contribution in [-0.2, 0) is 4.84 Å². The topological polar surface area (TPSA) is 41.6 Å². The Hall–Kier alpha value is -0.770. The van der Waals surface area contributed by atoms with Crippen molar-refractivity contribution in [2.45, 2.75) is 25.3 Å². The van der Waals surface area contributed by atoms with Crippen molar-refractivity contribution in [1.82, 2.24) is 10.4 Å². The number of carbonyl (C=O) groups is 1. The Bertz CT molecular complexity index is 145. The zero-order valence-electron chi connectivity index (χ0n) is 6.96. The number of hydrogen-bond donors (Lipinski definition) is 1. The van der Waals surface area contributed by atoms with Crippen LogP contribution in [0.3, 0.4) is 0 Å². The molecular weight excluding hydrogens is 144 g/mol. The predicted octanol–water partition coefficient (Wildman–Crippen LogP) is 0.742. The minimum absolute atomic E-state index is 0.155. The second kappa shape index (κ2) is 3.57. The highest BCUT2D eigenvalue weighted by molar-refractivity contribution is 5.73. The first-order valence-electron chi connectivity index (χ1n) is 3.82. The van der Waals surface area contributed by atoms with E-state index >= 15 is 0 Å². The molecule has 2 amide bonds. The van der Waals surface area contributed by atoms with Crippen LogP contribution in [0.15, 0.2) is 0 Å². The molecule has 0 aromatic heterocycles. The number of urea groups is 1. The van der Waals surface area contributed by atoms with Gasteiger partial charge >= 0.3 is 6.03 Å². The number of nitrogens with zero attached hydrogens (tertiary/aromatic N) is 1. The zero-order chi connectivity index (χ0) is 8.27. The molecule has 0 heterocycles. The number of carbonyl (C=O) groups excluding carboxylic acids is 1. The van der Waals surface area contributed by atoms with E-state index in [0.717, 1.165) is 12.8 Å². The average Bonchev–Trinajstić information content (AvgIpc) is 1.94. The summed E-state index contributed by atoms with van der Waals surface area (Å²) in [7, 11) is 3.06. The molecule has 4 nitrogen and oxygen atoms in total. The largest absolute Gasteiger partial charge is 0.341 e. The summed E-state index contributed by atoms with van der Waals surface area (Å²) in [6, 6.07) is 0.220. The molecule has 0 aromatic carbocycles.